The Kier molecular flexibility index (Phi) is 4.37. The van der Waals surface area contributed by atoms with Crippen molar-refractivity contribution < 1.29 is 4.74 Å². The van der Waals surface area contributed by atoms with Gasteiger partial charge in [-0.15, -0.1) is 11.3 Å². The second-order valence-electron chi connectivity index (χ2n) is 4.83. The van der Waals surface area contributed by atoms with Crippen LogP contribution < -0.4 is 5.32 Å². The maximum atomic E-state index is 5.13. The summed E-state index contributed by atoms with van der Waals surface area (Å²) in [7, 11) is 1.75. The Bertz CT molecular complexity index is 518. The molecule has 0 radical (unpaired) electrons. The summed E-state index contributed by atoms with van der Waals surface area (Å²) in [5.41, 5.74) is 2.38. The molecule has 0 saturated carbocycles. The summed E-state index contributed by atoms with van der Waals surface area (Å²) in [6.45, 7) is 8.99. The lowest BCUT2D eigenvalue weighted by Crippen LogP contribution is -2.24. The van der Waals surface area contributed by atoms with Gasteiger partial charge in [-0.25, -0.2) is 4.98 Å². The number of aryl methyl sites for hydroxylation is 2. The highest BCUT2D eigenvalue weighted by molar-refractivity contribution is 7.17. The topological polar surface area (TPSA) is 38.6 Å². The third-order valence-corrected chi connectivity index (χ3v) is 3.88. The zero-order valence-corrected chi connectivity index (χ0v) is 12.3. The van der Waals surface area contributed by atoms with Crippen molar-refractivity contribution in [3.05, 3.63) is 22.5 Å². The van der Waals surface area contributed by atoms with Crippen LogP contribution in [0.1, 0.15) is 23.2 Å². The Hall–Kier alpha value is -0.910. The Morgan fingerprint density at radius 2 is 2.28 bits per heavy atom. The van der Waals surface area contributed by atoms with Crippen molar-refractivity contribution in [2.75, 3.05) is 20.3 Å². The van der Waals surface area contributed by atoms with E-state index in [1.807, 2.05) is 0 Å². The molecule has 0 amide bonds. The first-order chi connectivity index (χ1) is 8.61. The minimum absolute atomic E-state index is 0.530. The van der Waals surface area contributed by atoms with Crippen LogP contribution in [0.5, 0.6) is 0 Å². The van der Waals surface area contributed by atoms with Crippen LogP contribution in [0.25, 0.3) is 4.96 Å². The summed E-state index contributed by atoms with van der Waals surface area (Å²) in [6, 6.07) is 0. The molecule has 2 aromatic heterocycles. The summed E-state index contributed by atoms with van der Waals surface area (Å²) in [5, 5.41) is 3.48. The minimum Gasteiger partial charge on any atom is -0.384 e. The number of hydrogen-bond acceptors (Lipinski definition) is 4. The minimum atomic E-state index is 0.530. The van der Waals surface area contributed by atoms with Crippen LogP contribution in [-0.2, 0) is 11.3 Å². The molecule has 100 valence electrons. The molecule has 0 fully saturated rings. The Morgan fingerprint density at radius 1 is 1.50 bits per heavy atom. The van der Waals surface area contributed by atoms with E-state index in [4.69, 9.17) is 4.74 Å². The lowest BCUT2D eigenvalue weighted by atomic mass is 10.2. The van der Waals surface area contributed by atoms with Gasteiger partial charge >= 0.3 is 0 Å². The molecule has 0 aliphatic rings. The molecule has 0 aromatic carbocycles. The molecule has 1 atom stereocenters. The van der Waals surface area contributed by atoms with E-state index >= 15 is 0 Å². The summed E-state index contributed by atoms with van der Waals surface area (Å²) < 4.78 is 7.33. The first-order valence-corrected chi connectivity index (χ1v) is 7.07. The van der Waals surface area contributed by atoms with Crippen molar-refractivity contribution >= 4 is 16.3 Å². The van der Waals surface area contributed by atoms with E-state index in [1.54, 1.807) is 18.4 Å². The van der Waals surface area contributed by atoms with E-state index in [-0.39, 0.29) is 0 Å². The summed E-state index contributed by atoms with van der Waals surface area (Å²) in [6.07, 6.45) is 2.16. The van der Waals surface area contributed by atoms with E-state index in [0.717, 1.165) is 30.4 Å². The van der Waals surface area contributed by atoms with Crippen molar-refractivity contribution in [3.63, 3.8) is 0 Å². The standard InChI is InChI=1S/C13H21N3OS/c1-9(8-17-4)5-14-6-12-11(3)15-13-16(12)7-10(2)18-13/h7,9,14H,5-6,8H2,1-4H3. The maximum absolute atomic E-state index is 5.13. The van der Waals surface area contributed by atoms with Gasteiger partial charge in [0.1, 0.15) is 0 Å². The number of rotatable bonds is 6. The van der Waals surface area contributed by atoms with Crippen molar-refractivity contribution in [1.82, 2.24) is 14.7 Å². The van der Waals surface area contributed by atoms with Crippen molar-refractivity contribution in [1.29, 1.82) is 0 Å². The second kappa shape index (κ2) is 5.82. The van der Waals surface area contributed by atoms with Crippen LogP contribution >= 0.6 is 11.3 Å². The number of aromatic nitrogens is 2. The Labute approximate surface area is 112 Å². The smallest absolute Gasteiger partial charge is 0.194 e. The molecule has 0 spiro atoms. The molecule has 0 aliphatic carbocycles. The van der Waals surface area contributed by atoms with E-state index < -0.39 is 0 Å². The number of thiazole rings is 1. The predicted octanol–water partition coefficient (Wildman–Crippen LogP) is 2.38. The average molecular weight is 267 g/mol. The second-order valence-corrected chi connectivity index (χ2v) is 6.04. The zero-order chi connectivity index (χ0) is 13.1. The van der Waals surface area contributed by atoms with Gasteiger partial charge < -0.3 is 10.1 Å². The molecular weight excluding hydrogens is 246 g/mol. The number of ether oxygens (including phenoxy) is 1. The fourth-order valence-corrected chi connectivity index (χ4v) is 2.99. The van der Waals surface area contributed by atoms with Gasteiger partial charge in [0.15, 0.2) is 4.96 Å². The molecule has 2 heterocycles. The number of nitrogens with zero attached hydrogens (tertiary/aromatic N) is 2. The van der Waals surface area contributed by atoms with Crippen LogP contribution in [0.15, 0.2) is 6.20 Å². The van der Waals surface area contributed by atoms with Gasteiger partial charge in [0.25, 0.3) is 0 Å². The number of hydrogen-bond donors (Lipinski definition) is 1. The van der Waals surface area contributed by atoms with Gasteiger partial charge in [-0.3, -0.25) is 4.40 Å². The van der Waals surface area contributed by atoms with Crippen LogP contribution in [0.3, 0.4) is 0 Å². The van der Waals surface area contributed by atoms with Crippen molar-refractivity contribution in [2.24, 2.45) is 5.92 Å². The highest BCUT2D eigenvalue weighted by Gasteiger charge is 2.11. The summed E-state index contributed by atoms with van der Waals surface area (Å²) in [4.78, 5) is 6.97. The fourth-order valence-electron chi connectivity index (χ4n) is 2.10. The number of nitrogens with one attached hydrogen (secondary N) is 1. The molecule has 2 rings (SSSR count). The molecule has 4 nitrogen and oxygen atoms in total. The van der Waals surface area contributed by atoms with Gasteiger partial charge in [0.2, 0.25) is 0 Å². The number of methoxy groups -OCH3 is 1. The molecule has 0 bridgehead atoms. The van der Waals surface area contributed by atoms with Crippen molar-refractivity contribution in [3.8, 4) is 0 Å². The van der Waals surface area contributed by atoms with Crippen molar-refractivity contribution in [2.45, 2.75) is 27.3 Å². The lowest BCUT2D eigenvalue weighted by Gasteiger charge is -2.11. The Morgan fingerprint density at radius 3 is 3.00 bits per heavy atom. The van der Waals surface area contributed by atoms with Gasteiger partial charge in [-0.2, -0.15) is 0 Å². The largest absolute Gasteiger partial charge is 0.384 e. The molecular formula is C13H21N3OS. The van der Waals surface area contributed by atoms with E-state index in [1.165, 1.54) is 10.6 Å². The quantitative estimate of drug-likeness (QED) is 0.873. The first kappa shape index (κ1) is 13.5. The summed E-state index contributed by atoms with van der Waals surface area (Å²) >= 11 is 1.74. The van der Waals surface area contributed by atoms with E-state index in [2.05, 4.69) is 41.7 Å². The number of imidazole rings is 1. The molecule has 0 aliphatic heterocycles. The van der Waals surface area contributed by atoms with E-state index in [0.29, 0.717) is 5.92 Å². The molecule has 1 unspecified atom stereocenters. The van der Waals surface area contributed by atoms with Crippen LogP contribution in [0.2, 0.25) is 0 Å². The zero-order valence-electron chi connectivity index (χ0n) is 11.5. The molecule has 1 N–H and O–H groups in total. The SMILES string of the molecule is COCC(C)CNCc1c(C)nc2sc(C)cn12. The lowest BCUT2D eigenvalue weighted by molar-refractivity contribution is 0.158. The van der Waals surface area contributed by atoms with Gasteiger partial charge in [-0.1, -0.05) is 6.92 Å². The molecule has 18 heavy (non-hydrogen) atoms. The summed E-state index contributed by atoms with van der Waals surface area (Å²) in [5.74, 6) is 0.530. The Balaban J connectivity index is 2.00. The third-order valence-electron chi connectivity index (χ3n) is 2.98. The van der Waals surface area contributed by atoms with Crippen LogP contribution in [-0.4, -0.2) is 29.6 Å². The predicted molar refractivity (Wildman–Crippen MR) is 75.3 cm³/mol. The van der Waals surface area contributed by atoms with Gasteiger partial charge in [-0.05, 0) is 19.8 Å². The molecule has 2 aromatic rings. The normalized spacial score (nSPS) is 13.3. The molecule has 5 heteroatoms. The monoisotopic (exact) mass is 267 g/mol. The first-order valence-electron chi connectivity index (χ1n) is 6.25. The highest BCUT2D eigenvalue weighted by atomic mass is 32.1. The fraction of sp³-hybridized carbons (Fsp3) is 0.615. The maximum Gasteiger partial charge on any atom is 0.194 e. The van der Waals surface area contributed by atoms with Gasteiger partial charge in [0.05, 0.1) is 11.4 Å². The van der Waals surface area contributed by atoms with Crippen LogP contribution in [0, 0.1) is 19.8 Å². The average Bonchev–Trinajstić information content (AvgIpc) is 2.77. The van der Waals surface area contributed by atoms with Crippen LogP contribution in [0.4, 0.5) is 0 Å². The van der Waals surface area contributed by atoms with E-state index in [9.17, 15) is 0 Å². The number of fused-ring (bicyclic) bond motifs is 1. The highest BCUT2D eigenvalue weighted by Crippen LogP contribution is 2.20. The molecule has 0 saturated heterocycles. The third kappa shape index (κ3) is 2.91. The van der Waals surface area contributed by atoms with Gasteiger partial charge in [0, 0.05) is 37.9 Å².